The third kappa shape index (κ3) is 3.52. The second kappa shape index (κ2) is 5.06. The van der Waals surface area contributed by atoms with Gasteiger partial charge >= 0.3 is 0 Å². The van der Waals surface area contributed by atoms with Crippen molar-refractivity contribution in [3.05, 3.63) is 0 Å². The highest BCUT2D eigenvalue weighted by atomic mass is 19.3. The van der Waals surface area contributed by atoms with Gasteiger partial charge in [0.15, 0.2) is 0 Å². The summed E-state index contributed by atoms with van der Waals surface area (Å²) >= 11 is 0. The fraction of sp³-hybridized carbons (Fsp3) is 1.00. The van der Waals surface area contributed by atoms with Crippen molar-refractivity contribution in [2.45, 2.75) is 45.5 Å². The zero-order valence-corrected chi connectivity index (χ0v) is 9.23. The smallest absolute Gasteiger partial charge is 0.260 e. The van der Waals surface area contributed by atoms with Crippen LogP contribution in [0.25, 0.3) is 0 Å². The van der Waals surface area contributed by atoms with Crippen molar-refractivity contribution in [3.63, 3.8) is 0 Å². The summed E-state index contributed by atoms with van der Waals surface area (Å²) in [5, 5.41) is 0. The molecule has 0 aromatic heterocycles. The van der Waals surface area contributed by atoms with Crippen LogP contribution in [0.2, 0.25) is 0 Å². The monoisotopic (exact) mass is 205 g/mol. The Morgan fingerprint density at radius 3 is 2.57 bits per heavy atom. The third-order valence-corrected chi connectivity index (χ3v) is 2.80. The molecule has 1 rings (SSSR count). The zero-order chi connectivity index (χ0) is 10.6. The molecule has 0 spiro atoms. The van der Waals surface area contributed by atoms with Gasteiger partial charge in [0, 0.05) is 13.0 Å². The third-order valence-electron chi connectivity index (χ3n) is 2.80. The van der Waals surface area contributed by atoms with Gasteiger partial charge in [-0.05, 0) is 25.3 Å². The predicted molar refractivity (Wildman–Crippen MR) is 54.7 cm³/mol. The molecule has 0 N–H and O–H groups in total. The summed E-state index contributed by atoms with van der Waals surface area (Å²) in [5.74, 6) is -2.25. The van der Waals surface area contributed by atoms with Crippen molar-refractivity contribution in [2.24, 2.45) is 5.92 Å². The van der Waals surface area contributed by atoms with Gasteiger partial charge in [0.2, 0.25) is 0 Å². The van der Waals surface area contributed by atoms with Crippen LogP contribution in [0.3, 0.4) is 0 Å². The van der Waals surface area contributed by atoms with Gasteiger partial charge in [-0.15, -0.1) is 0 Å². The second-order valence-corrected chi connectivity index (χ2v) is 4.45. The topological polar surface area (TPSA) is 3.24 Å². The molecule has 0 aromatic rings. The van der Waals surface area contributed by atoms with Crippen LogP contribution in [0.1, 0.15) is 39.5 Å². The van der Waals surface area contributed by atoms with Crippen LogP contribution in [0.15, 0.2) is 0 Å². The normalized spacial score (nSPS) is 27.9. The van der Waals surface area contributed by atoms with E-state index in [1.807, 2.05) is 11.8 Å². The van der Waals surface area contributed by atoms with Crippen LogP contribution in [0.5, 0.6) is 0 Å². The summed E-state index contributed by atoms with van der Waals surface area (Å²) in [5.41, 5.74) is 0. The molecule has 0 amide bonds. The molecule has 0 aliphatic carbocycles. The highest BCUT2D eigenvalue weighted by Gasteiger charge is 2.39. The van der Waals surface area contributed by atoms with E-state index in [1.54, 1.807) is 0 Å². The number of nitrogens with zero attached hydrogens (tertiary/aromatic N) is 1. The molecular weight excluding hydrogens is 184 g/mol. The van der Waals surface area contributed by atoms with E-state index in [4.69, 9.17) is 0 Å². The molecule has 1 fully saturated rings. The summed E-state index contributed by atoms with van der Waals surface area (Å²) in [7, 11) is 0. The number of halogens is 2. The number of piperidine rings is 1. The van der Waals surface area contributed by atoms with Crippen molar-refractivity contribution < 1.29 is 8.78 Å². The molecule has 1 aliphatic rings. The SMILES string of the molecule is CCCC1CN(CCC)CC(F)(F)C1. The van der Waals surface area contributed by atoms with E-state index < -0.39 is 5.92 Å². The maximum Gasteiger partial charge on any atom is 0.260 e. The molecule has 1 aliphatic heterocycles. The molecule has 14 heavy (non-hydrogen) atoms. The van der Waals surface area contributed by atoms with Crippen molar-refractivity contribution in [3.8, 4) is 0 Å². The number of hydrogen-bond donors (Lipinski definition) is 0. The van der Waals surface area contributed by atoms with Crippen molar-refractivity contribution >= 4 is 0 Å². The molecular formula is C11H21F2N. The Hall–Kier alpha value is -0.180. The molecule has 0 aromatic carbocycles. The Kier molecular flexibility index (Phi) is 4.30. The van der Waals surface area contributed by atoms with Gasteiger partial charge in [-0.2, -0.15) is 0 Å². The highest BCUT2D eigenvalue weighted by Crippen LogP contribution is 2.32. The molecule has 1 heterocycles. The fourth-order valence-corrected chi connectivity index (χ4v) is 2.40. The average Bonchev–Trinajstić information content (AvgIpc) is 2.01. The Morgan fingerprint density at radius 2 is 2.00 bits per heavy atom. The van der Waals surface area contributed by atoms with E-state index in [1.165, 1.54) is 0 Å². The summed E-state index contributed by atoms with van der Waals surface area (Å²) < 4.78 is 26.6. The van der Waals surface area contributed by atoms with E-state index in [9.17, 15) is 8.78 Å². The molecule has 1 unspecified atom stereocenters. The number of hydrogen-bond acceptors (Lipinski definition) is 1. The fourth-order valence-electron chi connectivity index (χ4n) is 2.40. The first-order valence-corrected chi connectivity index (χ1v) is 5.67. The first-order valence-electron chi connectivity index (χ1n) is 5.67. The van der Waals surface area contributed by atoms with Crippen molar-refractivity contribution in [1.82, 2.24) is 4.90 Å². The van der Waals surface area contributed by atoms with E-state index in [-0.39, 0.29) is 18.9 Å². The van der Waals surface area contributed by atoms with Gasteiger partial charge in [-0.3, -0.25) is 4.90 Å². The lowest BCUT2D eigenvalue weighted by Gasteiger charge is -2.37. The highest BCUT2D eigenvalue weighted by molar-refractivity contribution is 4.83. The standard InChI is InChI=1S/C11H21F2N/c1-3-5-10-7-11(12,13)9-14(8-10)6-4-2/h10H,3-9H2,1-2H3. The minimum absolute atomic E-state index is 0.0267. The summed E-state index contributed by atoms with van der Waals surface area (Å²) in [4.78, 5) is 1.92. The van der Waals surface area contributed by atoms with Gasteiger partial charge in [0.05, 0.1) is 6.54 Å². The lowest BCUT2D eigenvalue weighted by Crippen LogP contribution is -2.47. The minimum atomic E-state index is -2.45. The average molecular weight is 205 g/mol. The molecule has 1 nitrogen and oxygen atoms in total. The van der Waals surface area contributed by atoms with Crippen LogP contribution in [0.4, 0.5) is 8.78 Å². The summed E-state index contributed by atoms with van der Waals surface area (Å²) in [6.45, 7) is 5.77. The van der Waals surface area contributed by atoms with Gasteiger partial charge in [0.25, 0.3) is 5.92 Å². The lowest BCUT2D eigenvalue weighted by atomic mass is 9.91. The van der Waals surface area contributed by atoms with Gasteiger partial charge in [-0.25, -0.2) is 8.78 Å². The molecule has 0 saturated carbocycles. The Balaban J connectivity index is 2.48. The van der Waals surface area contributed by atoms with Crippen LogP contribution in [-0.4, -0.2) is 30.5 Å². The molecule has 1 atom stereocenters. The molecule has 0 bridgehead atoms. The maximum atomic E-state index is 13.3. The number of rotatable bonds is 4. The second-order valence-electron chi connectivity index (χ2n) is 4.45. The largest absolute Gasteiger partial charge is 0.297 e. The summed E-state index contributed by atoms with van der Waals surface area (Å²) in [6, 6.07) is 0. The van der Waals surface area contributed by atoms with Gasteiger partial charge < -0.3 is 0 Å². The Bertz CT molecular complexity index is 155. The van der Waals surface area contributed by atoms with Gasteiger partial charge in [0.1, 0.15) is 0 Å². The van der Waals surface area contributed by atoms with E-state index in [0.717, 1.165) is 32.4 Å². The first-order chi connectivity index (χ1) is 6.57. The Morgan fingerprint density at radius 1 is 1.29 bits per heavy atom. The number of alkyl halides is 2. The molecule has 0 radical (unpaired) electrons. The van der Waals surface area contributed by atoms with Crippen LogP contribution in [-0.2, 0) is 0 Å². The molecule has 3 heteroatoms. The predicted octanol–water partition coefficient (Wildman–Crippen LogP) is 3.15. The summed E-state index contributed by atoms with van der Waals surface area (Å²) in [6.07, 6.45) is 3.02. The van der Waals surface area contributed by atoms with Crippen molar-refractivity contribution in [2.75, 3.05) is 19.6 Å². The quantitative estimate of drug-likeness (QED) is 0.681. The minimum Gasteiger partial charge on any atom is -0.297 e. The Labute approximate surface area is 85.5 Å². The van der Waals surface area contributed by atoms with E-state index in [0.29, 0.717) is 0 Å². The van der Waals surface area contributed by atoms with Crippen molar-refractivity contribution in [1.29, 1.82) is 0 Å². The van der Waals surface area contributed by atoms with Crippen LogP contribution in [0, 0.1) is 5.92 Å². The molecule has 1 saturated heterocycles. The molecule has 84 valence electrons. The van der Waals surface area contributed by atoms with E-state index >= 15 is 0 Å². The van der Waals surface area contributed by atoms with E-state index in [2.05, 4.69) is 6.92 Å². The first kappa shape index (κ1) is 11.9. The van der Waals surface area contributed by atoms with Crippen LogP contribution < -0.4 is 0 Å². The van der Waals surface area contributed by atoms with Crippen LogP contribution >= 0.6 is 0 Å². The zero-order valence-electron chi connectivity index (χ0n) is 9.23. The number of likely N-dealkylation sites (tertiary alicyclic amines) is 1. The maximum absolute atomic E-state index is 13.3. The lowest BCUT2D eigenvalue weighted by molar-refractivity contribution is -0.0854. The van der Waals surface area contributed by atoms with Gasteiger partial charge in [-0.1, -0.05) is 20.3 Å².